The van der Waals surface area contributed by atoms with Gasteiger partial charge in [-0.05, 0) is 49.9 Å². The molecule has 0 bridgehead atoms. The summed E-state index contributed by atoms with van der Waals surface area (Å²) in [6.07, 6.45) is 5.28. The summed E-state index contributed by atoms with van der Waals surface area (Å²) in [5.74, 6) is 0.159. The number of amides is 1. The van der Waals surface area contributed by atoms with Crippen molar-refractivity contribution in [1.29, 1.82) is 0 Å². The standard InChI is InChI=1S/C17H25N3O3S/c1-13-10-14-11-15(24(18,22)23)6-7-16(14)20(13)12-17(21)19-8-4-2-3-5-9-19/h6-7,11,13H,2-5,8-10,12H2,1H3,(H2,18,22,23)/t13-/m0/s1. The van der Waals surface area contributed by atoms with Gasteiger partial charge >= 0.3 is 0 Å². The second kappa shape index (κ2) is 6.72. The molecule has 1 aromatic carbocycles. The van der Waals surface area contributed by atoms with Crippen LogP contribution in [-0.2, 0) is 21.2 Å². The maximum atomic E-state index is 12.7. The zero-order valence-corrected chi connectivity index (χ0v) is 14.9. The van der Waals surface area contributed by atoms with E-state index in [-0.39, 0.29) is 16.8 Å². The van der Waals surface area contributed by atoms with Gasteiger partial charge in [0.1, 0.15) is 0 Å². The van der Waals surface area contributed by atoms with Crippen LogP contribution in [0.15, 0.2) is 23.1 Å². The molecule has 1 fully saturated rings. The third kappa shape index (κ3) is 3.57. The third-order valence-electron chi connectivity index (χ3n) is 5.00. The summed E-state index contributed by atoms with van der Waals surface area (Å²) in [6, 6.07) is 5.10. The minimum atomic E-state index is -3.70. The smallest absolute Gasteiger partial charge is 0.242 e. The summed E-state index contributed by atoms with van der Waals surface area (Å²) in [6.45, 7) is 4.10. The van der Waals surface area contributed by atoms with Crippen LogP contribution in [0.1, 0.15) is 38.2 Å². The maximum absolute atomic E-state index is 12.7. The first kappa shape index (κ1) is 17.2. The Morgan fingerprint density at radius 1 is 1.21 bits per heavy atom. The number of fused-ring (bicyclic) bond motifs is 1. The molecule has 2 heterocycles. The Hall–Kier alpha value is -1.60. The maximum Gasteiger partial charge on any atom is 0.242 e. The van der Waals surface area contributed by atoms with Crippen LogP contribution in [0.25, 0.3) is 0 Å². The number of primary sulfonamides is 1. The van der Waals surface area contributed by atoms with E-state index in [0.717, 1.165) is 43.6 Å². The first-order valence-corrected chi connectivity index (χ1v) is 10.1. The molecular formula is C17H25N3O3S. The summed E-state index contributed by atoms with van der Waals surface area (Å²) >= 11 is 0. The van der Waals surface area contributed by atoms with Crippen molar-refractivity contribution in [3.8, 4) is 0 Å². The van der Waals surface area contributed by atoms with Crippen molar-refractivity contribution < 1.29 is 13.2 Å². The van der Waals surface area contributed by atoms with E-state index in [1.807, 2.05) is 4.90 Å². The van der Waals surface area contributed by atoms with E-state index in [0.29, 0.717) is 6.54 Å². The predicted molar refractivity (Wildman–Crippen MR) is 93.4 cm³/mol. The zero-order chi connectivity index (χ0) is 17.3. The lowest BCUT2D eigenvalue weighted by Crippen LogP contribution is -2.42. The molecule has 7 heteroatoms. The number of carbonyl (C=O) groups excluding carboxylic acids is 1. The van der Waals surface area contributed by atoms with Crippen molar-refractivity contribution in [2.24, 2.45) is 5.14 Å². The number of benzene rings is 1. The first-order valence-electron chi connectivity index (χ1n) is 8.56. The number of nitrogens with zero attached hydrogens (tertiary/aromatic N) is 2. The van der Waals surface area contributed by atoms with Gasteiger partial charge in [-0.25, -0.2) is 13.6 Å². The number of nitrogens with two attached hydrogens (primary N) is 1. The molecule has 1 amide bonds. The van der Waals surface area contributed by atoms with E-state index in [2.05, 4.69) is 11.8 Å². The Morgan fingerprint density at radius 2 is 1.88 bits per heavy atom. The fourth-order valence-electron chi connectivity index (χ4n) is 3.66. The molecule has 24 heavy (non-hydrogen) atoms. The molecule has 6 nitrogen and oxygen atoms in total. The molecule has 0 saturated carbocycles. The van der Waals surface area contributed by atoms with Crippen LogP contribution in [0.4, 0.5) is 5.69 Å². The second-order valence-corrected chi connectivity index (χ2v) is 8.37. The summed E-state index contributed by atoms with van der Waals surface area (Å²) in [5.41, 5.74) is 1.88. The molecule has 132 valence electrons. The Labute approximate surface area is 143 Å². The van der Waals surface area contributed by atoms with Crippen molar-refractivity contribution >= 4 is 21.6 Å². The number of likely N-dealkylation sites (tertiary alicyclic amines) is 1. The predicted octanol–water partition coefficient (Wildman–Crippen LogP) is 1.49. The van der Waals surface area contributed by atoms with Gasteiger partial charge in [-0.3, -0.25) is 4.79 Å². The summed E-state index contributed by atoms with van der Waals surface area (Å²) < 4.78 is 23.0. The lowest BCUT2D eigenvalue weighted by atomic mass is 10.1. The molecule has 1 saturated heterocycles. The molecule has 2 N–H and O–H groups in total. The molecule has 3 rings (SSSR count). The quantitative estimate of drug-likeness (QED) is 0.894. The highest BCUT2D eigenvalue weighted by molar-refractivity contribution is 7.89. The van der Waals surface area contributed by atoms with E-state index >= 15 is 0 Å². The van der Waals surface area contributed by atoms with Gasteiger partial charge in [0.15, 0.2) is 0 Å². The summed E-state index contributed by atoms with van der Waals surface area (Å²) in [7, 11) is -3.70. The van der Waals surface area contributed by atoms with E-state index in [1.165, 1.54) is 18.9 Å². The van der Waals surface area contributed by atoms with Crippen molar-refractivity contribution in [3.63, 3.8) is 0 Å². The third-order valence-corrected chi connectivity index (χ3v) is 5.91. The lowest BCUT2D eigenvalue weighted by molar-refractivity contribution is -0.129. The Morgan fingerprint density at radius 3 is 2.50 bits per heavy atom. The minimum Gasteiger partial charge on any atom is -0.359 e. The van der Waals surface area contributed by atoms with E-state index in [1.54, 1.807) is 12.1 Å². The Kier molecular flexibility index (Phi) is 4.83. The van der Waals surface area contributed by atoms with Gasteiger partial charge in [-0.15, -0.1) is 0 Å². The average molecular weight is 351 g/mol. The fraction of sp³-hybridized carbons (Fsp3) is 0.588. The number of hydrogen-bond donors (Lipinski definition) is 1. The monoisotopic (exact) mass is 351 g/mol. The van der Waals surface area contributed by atoms with E-state index < -0.39 is 10.0 Å². The van der Waals surface area contributed by atoms with E-state index in [9.17, 15) is 13.2 Å². The molecule has 2 aliphatic rings. The number of carbonyl (C=O) groups is 1. The van der Waals surface area contributed by atoms with Gasteiger partial charge < -0.3 is 9.80 Å². The van der Waals surface area contributed by atoms with Crippen LogP contribution in [0.5, 0.6) is 0 Å². The van der Waals surface area contributed by atoms with Crippen LogP contribution >= 0.6 is 0 Å². The normalized spacial score (nSPS) is 21.5. The lowest BCUT2D eigenvalue weighted by Gasteiger charge is -2.28. The molecule has 0 aromatic heterocycles. The van der Waals surface area contributed by atoms with Gasteiger partial charge in [-0.2, -0.15) is 0 Å². The van der Waals surface area contributed by atoms with Crippen LogP contribution in [0.2, 0.25) is 0 Å². The average Bonchev–Trinajstić information content (AvgIpc) is 2.70. The molecule has 0 radical (unpaired) electrons. The summed E-state index contributed by atoms with van der Waals surface area (Å²) in [4.78, 5) is 16.8. The van der Waals surface area contributed by atoms with Crippen molar-refractivity contribution in [3.05, 3.63) is 23.8 Å². The van der Waals surface area contributed by atoms with Crippen LogP contribution in [0.3, 0.4) is 0 Å². The molecule has 1 atom stereocenters. The van der Waals surface area contributed by atoms with Gasteiger partial charge in [0.2, 0.25) is 15.9 Å². The van der Waals surface area contributed by atoms with Crippen LogP contribution in [0, 0.1) is 0 Å². The topological polar surface area (TPSA) is 83.7 Å². The van der Waals surface area contributed by atoms with E-state index in [4.69, 9.17) is 5.14 Å². The number of hydrogen-bond acceptors (Lipinski definition) is 4. The SMILES string of the molecule is C[C@H]1Cc2cc(S(N)(=O)=O)ccc2N1CC(=O)N1CCCCCC1. The van der Waals surface area contributed by atoms with Crippen LogP contribution in [-0.4, -0.2) is 44.9 Å². The highest BCUT2D eigenvalue weighted by atomic mass is 32.2. The summed E-state index contributed by atoms with van der Waals surface area (Å²) in [5, 5.41) is 5.21. The zero-order valence-electron chi connectivity index (χ0n) is 14.1. The van der Waals surface area contributed by atoms with Crippen molar-refractivity contribution in [1.82, 2.24) is 4.90 Å². The number of rotatable bonds is 3. The molecule has 1 aromatic rings. The fourth-order valence-corrected chi connectivity index (χ4v) is 4.22. The molecule has 0 spiro atoms. The number of anilines is 1. The highest BCUT2D eigenvalue weighted by Gasteiger charge is 2.30. The Bertz CT molecular complexity index is 725. The van der Waals surface area contributed by atoms with Gasteiger partial charge in [0, 0.05) is 24.8 Å². The van der Waals surface area contributed by atoms with Crippen molar-refractivity contribution in [2.45, 2.75) is 50.0 Å². The van der Waals surface area contributed by atoms with Crippen molar-refractivity contribution in [2.75, 3.05) is 24.5 Å². The molecule has 2 aliphatic heterocycles. The van der Waals surface area contributed by atoms with Gasteiger partial charge in [0.05, 0.1) is 11.4 Å². The largest absolute Gasteiger partial charge is 0.359 e. The first-order chi connectivity index (χ1) is 11.4. The van der Waals surface area contributed by atoms with Crippen LogP contribution < -0.4 is 10.0 Å². The highest BCUT2D eigenvalue weighted by Crippen LogP contribution is 2.33. The molecule has 0 unspecified atom stereocenters. The minimum absolute atomic E-state index is 0.133. The van der Waals surface area contributed by atoms with Gasteiger partial charge in [0.25, 0.3) is 0 Å². The Balaban J connectivity index is 1.77. The number of sulfonamides is 1. The van der Waals surface area contributed by atoms with Gasteiger partial charge in [-0.1, -0.05) is 12.8 Å². The molecular weight excluding hydrogens is 326 g/mol. The molecule has 0 aliphatic carbocycles. The second-order valence-electron chi connectivity index (χ2n) is 6.81.